The van der Waals surface area contributed by atoms with Crippen LogP contribution in [0.3, 0.4) is 0 Å². The second kappa shape index (κ2) is 7.81. The second-order valence-electron chi connectivity index (χ2n) is 6.03. The van der Waals surface area contributed by atoms with Gasteiger partial charge >= 0.3 is 6.16 Å². The molecule has 0 saturated heterocycles. The predicted molar refractivity (Wildman–Crippen MR) is 89.6 cm³/mol. The predicted octanol–water partition coefficient (Wildman–Crippen LogP) is 4.44. The highest BCUT2D eigenvalue weighted by molar-refractivity contribution is 5.61. The molecule has 0 amide bonds. The molecule has 0 atom stereocenters. The van der Waals surface area contributed by atoms with Gasteiger partial charge in [0.15, 0.2) is 0 Å². The molecule has 3 rings (SSSR count). The van der Waals surface area contributed by atoms with Crippen molar-refractivity contribution < 1.29 is 19.4 Å². The van der Waals surface area contributed by atoms with Crippen molar-refractivity contribution in [1.29, 1.82) is 0 Å². The molecule has 0 radical (unpaired) electrons. The molecule has 126 valence electrons. The first-order chi connectivity index (χ1) is 11.7. The number of benzene rings is 1. The molecule has 1 N–H and O–H groups in total. The van der Waals surface area contributed by atoms with Gasteiger partial charge < -0.3 is 14.6 Å². The van der Waals surface area contributed by atoms with Gasteiger partial charge in [0.2, 0.25) is 5.88 Å². The van der Waals surface area contributed by atoms with E-state index in [0.29, 0.717) is 12.5 Å². The zero-order valence-corrected chi connectivity index (χ0v) is 13.5. The maximum Gasteiger partial charge on any atom is 0.512 e. The Morgan fingerprint density at radius 2 is 1.88 bits per heavy atom. The van der Waals surface area contributed by atoms with Crippen LogP contribution in [0.5, 0.6) is 11.6 Å². The van der Waals surface area contributed by atoms with Crippen LogP contribution in [-0.4, -0.2) is 22.3 Å². The average Bonchev–Trinajstić information content (AvgIpc) is 2.59. The Labute approximate surface area is 141 Å². The van der Waals surface area contributed by atoms with Gasteiger partial charge in [0.05, 0.1) is 6.10 Å². The van der Waals surface area contributed by atoms with E-state index in [2.05, 4.69) is 4.98 Å². The molecular weight excluding hydrogens is 306 g/mol. The van der Waals surface area contributed by atoms with Gasteiger partial charge in [-0.2, -0.15) is 0 Å². The Hall–Kier alpha value is -2.56. The van der Waals surface area contributed by atoms with Crippen molar-refractivity contribution in [1.82, 2.24) is 4.98 Å². The SMILES string of the molecule is O=C(O)Oc1ncccc1Cc1ccc(OC2CCCCC2)cc1. The van der Waals surface area contributed by atoms with E-state index in [-0.39, 0.29) is 5.88 Å². The van der Waals surface area contributed by atoms with E-state index in [1.807, 2.05) is 30.3 Å². The summed E-state index contributed by atoms with van der Waals surface area (Å²) in [6, 6.07) is 11.5. The van der Waals surface area contributed by atoms with Crippen LogP contribution in [0, 0.1) is 0 Å². The summed E-state index contributed by atoms with van der Waals surface area (Å²) in [5, 5.41) is 8.77. The van der Waals surface area contributed by atoms with Gasteiger partial charge in [0, 0.05) is 18.2 Å². The number of hydrogen-bond donors (Lipinski definition) is 1. The molecule has 24 heavy (non-hydrogen) atoms. The summed E-state index contributed by atoms with van der Waals surface area (Å²) in [7, 11) is 0. The van der Waals surface area contributed by atoms with Gasteiger partial charge in [-0.1, -0.05) is 24.6 Å². The van der Waals surface area contributed by atoms with Crippen molar-refractivity contribution in [3.05, 3.63) is 53.7 Å². The highest BCUT2D eigenvalue weighted by atomic mass is 16.7. The molecule has 5 heteroatoms. The Morgan fingerprint density at radius 1 is 1.12 bits per heavy atom. The molecule has 2 aromatic rings. The normalized spacial score (nSPS) is 15.0. The van der Waals surface area contributed by atoms with Gasteiger partial charge in [-0.15, -0.1) is 0 Å². The lowest BCUT2D eigenvalue weighted by Crippen LogP contribution is -2.19. The molecule has 1 aromatic heterocycles. The summed E-state index contributed by atoms with van der Waals surface area (Å²) in [5.41, 5.74) is 1.79. The van der Waals surface area contributed by atoms with Crippen molar-refractivity contribution >= 4 is 6.16 Å². The highest BCUT2D eigenvalue weighted by Crippen LogP contribution is 2.25. The number of aromatic nitrogens is 1. The van der Waals surface area contributed by atoms with Crippen molar-refractivity contribution in [2.45, 2.75) is 44.6 Å². The molecule has 1 heterocycles. The molecular formula is C19H21NO4. The Balaban J connectivity index is 1.65. The van der Waals surface area contributed by atoms with Crippen molar-refractivity contribution in [3.8, 4) is 11.6 Å². The number of rotatable bonds is 5. The van der Waals surface area contributed by atoms with Gasteiger partial charge in [-0.25, -0.2) is 9.78 Å². The monoisotopic (exact) mass is 327 g/mol. The van der Waals surface area contributed by atoms with Gasteiger partial charge in [0.1, 0.15) is 5.75 Å². The van der Waals surface area contributed by atoms with E-state index in [0.717, 1.165) is 29.7 Å². The summed E-state index contributed by atoms with van der Waals surface area (Å²) in [5.74, 6) is 1.02. The molecule has 0 unspecified atom stereocenters. The van der Waals surface area contributed by atoms with Crippen LogP contribution in [0.1, 0.15) is 43.2 Å². The average molecular weight is 327 g/mol. The van der Waals surface area contributed by atoms with E-state index in [1.165, 1.54) is 25.5 Å². The quantitative estimate of drug-likeness (QED) is 0.822. The minimum absolute atomic E-state index is 0.132. The van der Waals surface area contributed by atoms with Gasteiger partial charge in [0.25, 0.3) is 0 Å². The maximum atomic E-state index is 10.7. The zero-order chi connectivity index (χ0) is 16.8. The summed E-state index contributed by atoms with van der Waals surface area (Å²) >= 11 is 0. The van der Waals surface area contributed by atoms with Crippen LogP contribution in [0.2, 0.25) is 0 Å². The first-order valence-electron chi connectivity index (χ1n) is 8.31. The number of carboxylic acid groups (broad SMARTS) is 1. The van der Waals surface area contributed by atoms with E-state index in [1.54, 1.807) is 6.07 Å². The van der Waals surface area contributed by atoms with E-state index < -0.39 is 6.16 Å². The molecule has 0 bridgehead atoms. The van der Waals surface area contributed by atoms with E-state index in [9.17, 15) is 4.79 Å². The molecule has 1 saturated carbocycles. The lowest BCUT2D eigenvalue weighted by atomic mass is 9.98. The second-order valence-corrected chi connectivity index (χ2v) is 6.03. The van der Waals surface area contributed by atoms with Crippen molar-refractivity contribution in [3.63, 3.8) is 0 Å². The number of nitrogens with zero attached hydrogens (tertiary/aromatic N) is 1. The van der Waals surface area contributed by atoms with E-state index >= 15 is 0 Å². The summed E-state index contributed by atoms with van der Waals surface area (Å²) < 4.78 is 10.7. The van der Waals surface area contributed by atoms with Crippen LogP contribution < -0.4 is 9.47 Å². The fraction of sp³-hybridized carbons (Fsp3) is 0.368. The van der Waals surface area contributed by atoms with Crippen LogP contribution in [0.15, 0.2) is 42.6 Å². The van der Waals surface area contributed by atoms with Crippen molar-refractivity contribution in [2.24, 2.45) is 0 Å². The minimum atomic E-state index is -1.36. The Morgan fingerprint density at radius 3 is 2.58 bits per heavy atom. The topological polar surface area (TPSA) is 68.7 Å². The van der Waals surface area contributed by atoms with Crippen LogP contribution in [0.4, 0.5) is 4.79 Å². The lowest BCUT2D eigenvalue weighted by Gasteiger charge is -2.23. The summed E-state index contributed by atoms with van der Waals surface area (Å²) in [6.07, 6.45) is 7.12. The Bertz CT molecular complexity index is 678. The minimum Gasteiger partial charge on any atom is -0.490 e. The van der Waals surface area contributed by atoms with Crippen LogP contribution >= 0.6 is 0 Å². The third-order valence-electron chi connectivity index (χ3n) is 4.21. The third-order valence-corrected chi connectivity index (χ3v) is 4.21. The largest absolute Gasteiger partial charge is 0.512 e. The molecule has 1 fully saturated rings. The first-order valence-corrected chi connectivity index (χ1v) is 8.31. The third kappa shape index (κ3) is 4.47. The zero-order valence-electron chi connectivity index (χ0n) is 13.5. The van der Waals surface area contributed by atoms with Crippen molar-refractivity contribution in [2.75, 3.05) is 0 Å². The molecule has 0 aliphatic heterocycles. The van der Waals surface area contributed by atoms with E-state index in [4.69, 9.17) is 14.6 Å². The smallest absolute Gasteiger partial charge is 0.490 e. The molecule has 1 aliphatic carbocycles. The lowest BCUT2D eigenvalue weighted by molar-refractivity contribution is 0.142. The van der Waals surface area contributed by atoms with Gasteiger partial charge in [-0.05, 0) is 49.4 Å². The number of pyridine rings is 1. The summed E-state index contributed by atoms with van der Waals surface area (Å²) in [6.45, 7) is 0. The molecule has 1 aromatic carbocycles. The highest BCUT2D eigenvalue weighted by Gasteiger charge is 2.15. The molecule has 0 spiro atoms. The fourth-order valence-corrected chi connectivity index (χ4v) is 3.01. The number of hydrogen-bond acceptors (Lipinski definition) is 4. The number of carbonyl (C=O) groups is 1. The maximum absolute atomic E-state index is 10.7. The molecule has 1 aliphatic rings. The molecule has 5 nitrogen and oxygen atoms in total. The standard InChI is InChI=1S/C19H21NO4/c21-19(22)24-18-15(5-4-12-20-18)13-14-8-10-17(11-9-14)23-16-6-2-1-3-7-16/h4-5,8-12,16H,1-3,6-7,13H2,(H,21,22). The van der Waals surface area contributed by atoms with Crippen LogP contribution in [-0.2, 0) is 6.42 Å². The summed E-state index contributed by atoms with van der Waals surface area (Å²) in [4.78, 5) is 14.7. The first kappa shape index (κ1) is 16.3. The fourth-order valence-electron chi connectivity index (χ4n) is 3.01. The Kier molecular flexibility index (Phi) is 5.31. The van der Waals surface area contributed by atoms with Gasteiger partial charge in [-0.3, -0.25) is 0 Å². The number of ether oxygens (including phenoxy) is 2. The van der Waals surface area contributed by atoms with Crippen LogP contribution in [0.25, 0.3) is 0 Å².